The highest BCUT2D eigenvalue weighted by molar-refractivity contribution is 6.19. The van der Waals surface area contributed by atoms with Crippen LogP contribution in [0, 0.1) is 0 Å². The van der Waals surface area contributed by atoms with Crippen LogP contribution in [0.25, 0.3) is 76.9 Å². The quantitative estimate of drug-likeness (QED) is 0.177. The molecule has 0 spiro atoms. The first-order valence-corrected chi connectivity index (χ1v) is 19.1. The first kappa shape index (κ1) is 31.6. The Balaban J connectivity index is 1.15. The highest BCUT2D eigenvalue weighted by Crippen LogP contribution is 2.55. The molecule has 0 aliphatic heterocycles. The Labute approximate surface area is 320 Å². The first-order valence-electron chi connectivity index (χ1n) is 19.1. The molecule has 9 aromatic carbocycles. The molecular formula is C53H37NO. The third kappa shape index (κ3) is 4.81. The minimum Gasteiger partial charge on any atom is -0.455 e. The van der Waals surface area contributed by atoms with Crippen LogP contribution in [-0.4, -0.2) is 0 Å². The van der Waals surface area contributed by atoms with Gasteiger partial charge in [-0.25, -0.2) is 0 Å². The molecule has 11 rings (SSSR count). The first-order chi connectivity index (χ1) is 27.0. The summed E-state index contributed by atoms with van der Waals surface area (Å²) in [6.45, 7) is 4.74. The number of hydrogen-bond donors (Lipinski definition) is 0. The summed E-state index contributed by atoms with van der Waals surface area (Å²) in [5, 5.41) is 7.06. The van der Waals surface area contributed by atoms with Gasteiger partial charge in [0.1, 0.15) is 11.2 Å². The molecule has 10 aromatic rings. The van der Waals surface area contributed by atoms with Crippen molar-refractivity contribution >= 4 is 60.5 Å². The second kappa shape index (κ2) is 12.1. The molecule has 0 atom stereocenters. The van der Waals surface area contributed by atoms with E-state index in [1.54, 1.807) is 0 Å². The summed E-state index contributed by atoms with van der Waals surface area (Å²) >= 11 is 0. The maximum absolute atomic E-state index is 6.69. The van der Waals surface area contributed by atoms with Gasteiger partial charge in [0.05, 0.1) is 11.4 Å². The highest BCUT2D eigenvalue weighted by atomic mass is 16.3. The molecule has 0 saturated carbocycles. The summed E-state index contributed by atoms with van der Waals surface area (Å²) in [5.74, 6) is 0. The molecular weight excluding hydrogens is 667 g/mol. The Morgan fingerprint density at radius 2 is 1.07 bits per heavy atom. The van der Waals surface area contributed by atoms with Gasteiger partial charge in [-0.2, -0.15) is 0 Å². The molecule has 2 heteroatoms. The number of fused-ring (bicyclic) bond motifs is 9. The van der Waals surface area contributed by atoms with Crippen molar-refractivity contribution in [3.8, 4) is 33.4 Å². The SMILES string of the molecule is CC1(C)c2ccccc2-c2cccc(N(c3ccc(-c4ccc5ccccc5c4)cc3)c3ccccc3-c3cccc4oc5c6ccccc6ccc5c34)c21. The Bertz CT molecular complexity index is 3130. The van der Waals surface area contributed by atoms with E-state index in [0.29, 0.717) is 0 Å². The van der Waals surface area contributed by atoms with Gasteiger partial charge in [0.25, 0.3) is 0 Å². The van der Waals surface area contributed by atoms with Crippen LogP contribution in [0.5, 0.6) is 0 Å². The lowest BCUT2D eigenvalue weighted by Gasteiger charge is -2.33. The van der Waals surface area contributed by atoms with E-state index in [0.717, 1.165) is 49.8 Å². The van der Waals surface area contributed by atoms with Crippen molar-refractivity contribution in [1.82, 2.24) is 0 Å². The van der Waals surface area contributed by atoms with Gasteiger partial charge >= 0.3 is 0 Å². The summed E-state index contributed by atoms with van der Waals surface area (Å²) in [7, 11) is 0. The lowest BCUT2D eigenvalue weighted by molar-refractivity contribution is 0.661. The predicted octanol–water partition coefficient (Wildman–Crippen LogP) is 15.0. The van der Waals surface area contributed by atoms with Crippen molar-refractivity contribution in [1.29, 1.82) is 0 Å². The third-order valence-corrected chi connectivity index (χ3v) is 11.8. The van der Waals surface area contributed by atoms with Crippen LogP contribution in [-0.2, 0) is 5.41 Å². The van der Waals surface area contributed by atoms with E-state index in [1.165, 1.54) is 55.2 Å². The Morgan fingerprint density at radius 3 is 1.95 bits per heavy atom. The van der Waals surface area contributed by atoms with E-state index in [-0.39, 0.29) is 5.41 Å². The second-order valence-electron chi connectivity index (χ2n) is 15.3. The Kier molecular flexibility index (Phi) is 6.93. The Morgan fingerprint density at radius 1 is 0.436 bits per heavy atom. The Hall–Kier alpha value is -6.90. The monoisotopic (exact) mass is 703 g/mol. The molecule has 2 nitrogen and oxygen atoms in total. The molecule has 0 amide bonds. The third-order valence-electron chi connectivity index (χ3n) is 11.8. The maximum atomic E-state index is 6.69. The van der Waals surface area contributed by atoms with Crippen molar-refractivity contribution in [2.75, 3.05) is 4.90 Å². The van der Waals surface area contributed by atoms with Gasteiger partial charge in [-0.05, 0) is 97.6 Å². The van der Waals surface area contributed by atoms with Crippen molar-refractivity contribution < 1.29 is 4.42 Å². The van der Waals surface area contributed by atoms with E-state index >= 15 is 0 Å². The number of rotatable bonds is 5. The minimum atomic E-state index is -0.206. The van der Waals surface area contributed by atoms with Crippen LogP contribution < -0.4 is 4.90 Å². The predicted molar refractivity (Wildman–Crippen MR) is 232 cm³/mol. The molecule has 1 heterocycles. The largest absolute Gasteiger partial charge is 0.455 e. The zero-order valence-corrected chi connectivity index (χ0v) is 30.8. The number of furan rings is 1. The fourth-order valence-electron chi connectivity index (χ4n) is 9.26. The van der Waals surface area contributed by atoms with Crippen molar-refractivity contribution in [2.24, 2.45) is 0 Å². The average Bonchev–Trinajstić information content (AvgIpc) is 3.74. The summed E-state index contributed by atoms with van der Waals surface area (Å²) < 4.78 is 6.69. The van der Waals surface area contributed by atoms with E-state index in [9.17, 15) is 0 Å². The molecule has 1 aromatic heterocycles. The maximum Gasteiger partial charge on any atom is 0.143 e. The number of nitrogens with zero attached hydrogens (tertiary/aromatic N) is 1. The van der Waals surface area contributed by atoms with Gasteiger partial charge in [0.2, 0.25) is 0 Å². The molecule has 0 bridgehead atoms. The van der Waals surface area contributed by atoms with Crippen molar-refractivity contribution in [2.45, 2.75) is 19.3 Å². The molecule has 0 unspecified atom stereocenters. The van der Waals surface area contributed by atoms with Gasteiger partial charge in [-0.15, -0.1) is 0 Å². The van der Waals surface area contributed by atoms with E-state index in [4.69, 9.17) is 4.42 Å². The molecule has 0 saturated heterocycles. The van der Waals surface area contributed by atoms with Gasteiger partial charge in [-0.1, -0.05) is 159 Å². The molecule has 0 N–H and O–H groups in total. The molecule has 260 valence electrons. The van der Waals surface area contributed by atoms with Gasteiger partial charge in [0, 0.05) is 32.8 Å². The normalized spacial score (nSPS) is 13.1. The number of hydrogen-bond acceptors (Lipinski definition) is 2. The van der Waals surface area contributed by atoms with Crippen LogP contribution >= 0.6 is 0 Å². The summed E-state index contributed by atoms with van der Waals surface area (Å²) in [5.41, 5.74) is 15.0. The highest BCUT2D eigenvalue weighted by Gasteiger charge is 2.39. The fraction of sp³-hybridized carbons (Fsp3) is 0.0566. The van der Waals surface area contributed by atoms with E-state index in [2.05, 4.69) is 207 Å². The second-order valence-corrected chi connectivity index (χ2v) is 15.3. The summed E-state index contributed by atoms with van der Waals surface area (Å²) in [6.07, 6.45) is 0. The molecule has 55 heavy (non-hydrogen) atoms. The van der Waals surface area contributed by atoms with Crippen LogP contribution in [0.15, 0.2) is 192 Å². The standard InChI is InChI=1S/C53H37NO/c1-53(2)46-21-9-7-17-41(46)44-20-11-23-48(51(44)53)54(39-30-27-35(28-31-39)38-26-25-34-13-3-4-15-37(34)33-38)47-22-10-8-18-42(47)43-19-12-24-49-50(43)45-32-29-36-14-5-6-16-40(36)52(45)55-49/h3-33H,1-2H3. The van der Waals surface area contributed by atoms with Gasteiger partial charge in [-0.3, -0.25) is 0 Å². The topological polar surface area (TPSA) is 16.4 Å². The van der Waals surface area contributed by atoms with Crippen molar-refractivity contribution in [3.05, 3.63) is 199 Å². The zero-order chi connectivity index (χ0) is 36.7. The fourth-order valence-corrected chi connectivity index (χ4v) is 9.26. The molecule has 0 radical (unpaired) electrons. The zero-order valence-electron chi connectivity index (χ0n) is 30.8. The summed E-state index contributed by atoms with van der Waals surface area (Å²) in [6, 6.07) is 68.4. The number of anilines is 3. The van der Waals surface area contributed by atoms with Crippen LogP contribution in [0.4, 0.5) is 17.1 Å². The van der Waals surface area contributed by atoms with Crippen LogP contribution in [0.3, 0.4) is 0 Å². The molecule has 1 aliphatic carbocycles. The van der Waals surface area contributed by atoms with Gasteiger partial charge < -0.3 is 9.32 Å². The van der Waals surface area contributed by atoms with E-state index in [1.807, 2.05) is 0 Å². The smallest absolute Gasteiger partial charge is 0.143 e. The van der Waals surface area contributed by atoms with Crippen LogP contribution in [0.1, 0.15) is 25.0 Å². The minimum absolute atomic E-state index is 0.206. The van der Waals surface area contributed by atoms with Crippen LogP contribution in [0.2, 0.25) is 0 Å². The lowest BCUT2D eigenvalue weighted by Crippen LogP contribution is -2.21. The average molecular weight is 704 g/mol. The van der Waals surface area contributed by atoms with Crippen molar-refractivity contribution in [3.63, 3.8) is 0 Å². The van der Waals surface area contributed by atoms with Gasteiger partial charge in [0.15, 0.2) is 0 Å². The number of benzene rings is 9. The summed E-state index contributed by atoms with van der Waals surface area (Å²) in [4.78, 5) is 2.49. The number of para-hydroxylation sites is 1. The van der Waals surface area contributed by atoms with E-state index < -0.39 is 0 Å². The molecule has 1 aliphatic rings. The molecule has 0 fully saturated rings. The lowest BCUT2D eigenvalue weighted by atomic mass is 9.81.